The van der Waals surface area contributed by atoms with Crippen molar-refractivity contribution in [2.75, 3.05) is 0 Å². The Labute approximate surface area is 136 Å². The van der Waals surface area contributed by atoms with Gasteiger partial charge in [0.25, 0.3) is 5.91 Å². The van der Waals surface area contributed by atoms with E-state index < -0.39 is 26.0 Å². The fourth-order valence-corrected chi connectivity index (χ4v) is 3.37. The number of nitrogens with one attached hydrogen (secondary N) is 1. The summed E-state index contributed by atoms with van der Waals surface area (Å²) in [7, 11) is -4.64. The standard InChI is InChI=1S/C16H23F2NO3S/c1-15(2,3)10-16(4,5)19-13(20)11-6-8-12(9-7-11)23(21,22)14(17)18/h6-9,14H,10H2,1-5H3,(H,19,20). The number of sulfone groups is 1. The lowest BCUT2D eigenvalue weighted by Crippen LogP contribution is -2.45. The number of rotatable bonds is 5. The maximum atomic E-state index is 12.5. The van der Waals surface area contributed by atoms with Crippen LogP contribution in [0.4, 0.5) is 8.78 Å². The molecule has 0 saturated heterocycles. The minimum atomic E-state index is -4.64. The van der Waals surface area contributed by atoms with Crippen molar-refractivity contribution in [3.05, 3.63) is 29.8 Å². The largest absolute Gasteiger partial charge is 0.347 e. The Hall–Kier alpha value is -1.50. The molecule has 0 radical (unpaired) electrons. The molecular formula is C16H23F2NO3S. The number of halogens is 2. The van der Waals surface area contributed by atoms with Crippen molar-refractivity contribution in [3.8, 4) is 0 Å². The highest BCUT2D eigenvalue weighted by atomic mass is 32.2. The molecule has 0 aliphatic heterocycles. The number of alkyl halides is 2. The Morgan fingerprint density at radius 2 is 1.57 bits per heavy atom. The second-order valence-corrected chi connectivity index (χ2v) is 9.32. The maximum Gasteiger partial charge on any atom is 0.341 e. The predicted octanol–water partition coefficient (Wildman–Crippen LogP) is 3.63. The number of hydrogen-bond donors (Lipinski definition) is 1. The highest BCUT2D eigenvalue weighted by molar-refractivity contribution is 7.91. The molecule has 0 fully saturated rings. The maximum absolute atomic E-state index is 12.5. The van der Waals surface area contributed by atoms with E-state index in [1.807, 2.05) is 13.8 Å². The third kappa shape index (κ3) is 5.57. The first-order valence-electron chi connectivity index (χ1n) is 7.19. The quantitative estimate of drug-likeness (QED) is 0.885. The van der Waals surface area contributed by atoms with Gasteiger partial charge >= 0.3 is 5.76 Å². The zero-order valence-electron chi connectivity index (χ0n) is 14.0. The van der Waals surface area contributed by atoms with Crippen LogP contribution < -0.4 is 5.32 Å². The topological polar surface area (TPSA) is 63.2 Å². The van der Waals surface area contributed by atoms with Gasteiger partial charge in [-0.15, -0.1) is 0 Å². The van der Waals surface area contributed by atoms with Crippen LogP contribution in [0.25, 0.3) is 0 Å². The van der Waals surface area contributed by atoms with Gasteiger partial charge in [0.05, 0.1) is 4.90 Å². The van der Waals surface area contributed by atoms with E-state index in [1.54, 1.807) is 0 Å². The van der Waals surface area contributed by atoms with Crippen molar-refractivity contribution in [1.82, 2.24) is 5.32 Å². The molecular weight excluding hydrogens is 324 g/mol. The van der Waals surface area contributed by atoms with E-state index in [9.17, 15) is 22.0 Å². The summed E-state index contributed by atoms with van der Waals surface area (Å²) in [5.41, 5.74) is -0.213. The lowest BCUT2D eigenvalue weighted by molar-refractivity contribution is 0.0891. The molecule has 0 aliphatic carbocycles. The number of carbonyl (C=O) groups is 1. The van der Waals surface area contributed by atoms with Gasteiger partial charge in [-0.2, -0.15) is 8.78 Å². The first-order chi connectivity index (χ1) is 10.2. The van der Waals surface area contributed by atoms with Crippen LogP contribution >= 0.6 is 0 Å². The lowest BCUT2D eigenvalue weighted by Gasteiger charge is -2.33. The summed E-state index contributed by atoms with van der Waals surface area (Å²) >= 11 is 0. The van der Waals surface area contributed by atoms with E-state index in [-0.39, 0.29) is 16.9 Å². The average Bonchev–Trinajstić information content (AvgIpc) is 2.35. The van der Waals surface area contributed by atoms with E-state index >= 15 is 0 Å². The smallest absolute Gasteiger partial charge is 0.341 e. The SMILES string of the molecule is CC(C)(C)CC(C)(C)NC(=O)c1ccc(S(=O)(=O)C(F)F)cc1. The van der Waals surface area contributed by atoms with Gasteiger partial charge in [0.1, 0.15) is 0 Å². The van der Waals surface area contributed by atoms with Crippen LogP contribution in [0.3, 0.4) is 0 Å². The predicted molar refractivity (Wildman–Crippen MR) is 85.2 cm³/mol. The zero-order chi connectivity index (χ0) is 18.1. The molecule has 0 atom stereocenters. The van der Waals surface area contributed by atoms with E-state index in [2.05, 4.69) is 26.1 Å². The molecule has 0 unspecified atom stereocenters. The van der Waals surface area contributed by atoms with E-state index in [0.717, 1.165) is 18.6 Å². The van der Waals surface area contributed by atoms with Crippen molar-refractivity contribution < 1.29 is 22.0 Å². The van der Waals surface area contributed by atoms with Crippen LogP contribution in [0.2, 0.25) is 0 Å². The summed E-state index contributed by atoms with van der Waals surface area (Å²) in [4.78, 5) is 11.7. The molecule has 1 aromatic carbocycles. The third-order valence-electron chi connectivity index (χ3n) is 3.10. The van der Waals surface area contributed by atoms with E-state index in [1.165, 1.54) is 12.1 Å². The summed E-state index contributed by atoms with van der Waals surface area (Å²) in [5, 5.41) is 2.87. The molecule has 1 rings (SSSR count). The minimum Gasteiger partial charge on any atom is -0.347 e. The highest BCUT2D eigenvalue weighted by Crippen LogP contribution is 2.27. The molecule has 0 bridgehead atoms. The molecule has 1 amide bonds. The minimum absolute atomic E-state index is 0.0198. The fourth-order valence-electron chi connectivity index (χ4n) is 2.65. The van der Waals surface area contributed by atoms with Crippen LogP contribution in [-0.4, -0.2) is 25.6 Å². The fraction of sp³-hybridized carbons (Fsp3) is 0.562. The molecule has 1 N–H and O–H groups in total. The summed E-state index contributed by atoms with van der Waals surface area (Å²) in [5.74, 6) is -3.85. The Balaban J connectivity index is 2.91. The molecule has 0 heterocycles. The number of benzene rings is 1. The molecule has 7 heteroatoms. The molecule has 0 aliphatic rings. The van der Waals surface area contributed by atoms with E-state index in [0.29, 0.717) is 0 Å². The van der Waals surface area contributed by atoms with Crippen LogP contribution in [0.1, 0.15) is 51.4 Å². The van der Waals surface area contributed by atoms with Crippen molar-refractivity contribution in [3.63, 3.8) is 0 Å². The summed E-state index contributed by atoms with van der Waals surface area (Å²) in [6.45, 7) is 9.97. The van der Waals surface area contributed by atoms with Gasteiger partial charge in [-0.05, 0) is 49.9 Å². The normalized spacial score (nSPS) is 13.2. The van der Waals surface area contributed by atoms with Crippen LogP contribution in [-0.2, 0) is 9.84 Å². The lowest BCUT2D eigenvalue weighted by atomic mass is 9.81. The van der Waals surface area contributed by atoms with Gasteiger partial charge in [-0.1, -0.05) is 20.8 Å². The zero-order valence-corrected chi connectivity index (χ0v) is 14.8. The Kier molecular flexibility index (Phi) is 5.57. The second-order valence-electron chi connectivity index (χ2n) is 7.41. The van der Waals surface area contributed by atoms with Gasteiger partial charge in [-0.3, -0.25) is 4.79 Å². The summed E-state index contributed by atoms with van der Waals surface area (Å²) in [6.07, 6.45) is 0.740. The first kappa shape index (κ1) is 19.5. The molecule has 23 heavy (non-hydrogen) atoms. The highest BCUT2D eigenvalue weighted by Gasteiger charge is 2.29. The van der Waals surface area contributed by atoms with Crippen molar-refractivity contribution in [2.24, 2.45) is 5.41 Å². The first-order valence-corrected chi connectivity index (χ1v) is 8.74. The van der Waals surface area contributed by atoms with Gasteiger partial charge in [0, 0.05) is 11.1 Å². The van der Waals surface area contributed by atoms with E-state index in [4.69, 9.17) is 0 Å². The molecule has 4 nitrogen and oxygen atoms in total. The van der Waals surface area contributed by atoms with Crippen LogP contribution in [0, 0.1) is 5.41 Å². The summed E-state index contributed by atoms with van der Waals surface area (Å²) in [6, 6.07) is 4.51. The van der Waals surface area contributed by atoms with Gasteiger partial charge in [-0.25, -0.2) is 8.42 Å². The molecule has 1 aromatic rings. The Bertz CT molecular complexity index is 660. The molecule has 0 saturated carbocycles. The Morgan fingerprint density at radius 3 is 1.96 bits per heavy atom. The molecule has 0 aromatic heterocycles. The molecule has 130 valence electrons. The van der Waals surface area contributed by atoms with Crippen molar-refractivity contribution in [2.45, 2.75) is 57.2 Å². The van der Waals surface area contributed by atoms with Gasteiger partial charge in [0.15, 0.2) is 0 Å². The van der Waals surface area contributed by atoms with Gasteiger partial charge < -0.3 is 5.32 Å². The Morgan fingerprint density at radius 1 is 1.09 bits per heavy atom. The summed E-state index contributed by atoms with van der Waals surface area (Å²) < 4.78 is 47.6. The second kappa shape index (κ2) is 6.55. The number of amides is 1. The third-order valence-corrected chi connectivity index (χ3v) is 4.50. The molecule has 0 spiro atoms. The van der Waals surface area contributed by atoms with Crippen molar-refractivity contribution in [1.29, 1.82) is 0 Å². The van der Waals surface area contributed by atoms with Crippen LogP contribution in [0.15, 0.2) is 29.2 Å². The van der Waals surface area contributed by atoms with Crippen LogP contribution in [0.5, 0.6) is 0 Å². The van der Waals surface area contributed by atoms with Gasteiger partial charge in [0.2, 0.25) is 9.84 Å². The number of carbonyl (C=O) groups excluding carboxylic acids is 1. The number of hydrogen-bond acceptors (Lipinski definition) is 3. The monoisotopic (exact) mass is 347 g/mol. The van der Waals surface area contributed by atoms with Crippen molar-refractivity contribution >= 4 is 15.7 Å². The average molecular weight is 347 g/mol.